The van der Waals surface area contributed by atoms with Crippen molar-refractivity contribution < 1.29 is 28.2 Å². The second-order valence-electron chi connectivity index (χ2n) is 5.99. The smallest absolute Gasteiger partial charge is 0.326 e. The molecular formula is C18H23FN2O5. The molecule has 1 aromatic carbocycles. The molecule has 0 saturated carbocycles. The van der Waals surface area contributed by atoms with E-state index in [-0.39, 0.29) is 19.0 Å². The van der Waals surface area contributed by atoms with Crippen LogP contribution in [0.1, 0.15) is 33.1 Å². The number of benzene rings is 1. The molecule has 0 radical (unpaired) electrons. The molecule has 0 atom stereocenters. The van der Waals surface area contributed by atoms with Crippen molar-refractivity contribution in [3.05, 3.63) is 30.1 Å². The number of ether oxygens (including phenoxy) is 2. The predicted molar refractivity (Wildman–Crippen MR) is 91.0 cm³/mol. The van der Waals surface area contributed by atoms with Crippen LogP contribution in [0.4, 0.5) is 9.18 Å². The molecule has 1 aromatic rings. The maximum atomic E-state index is 12.8. The fourth-order valence-corrected chi connectivity index (χ4v) is 2.69. The molecule has 0 aromatic heterocycles. The van der Waals surface area contributed by atoms with Crippen LogP contribution >= 0.6 is 0 Å². The van der Waals surface area contributed by atoms with Gasteiger partial charge in [-0.3, -0.25) is 14.5 Å². The van der Waals surface area contributed by atoms with Gasteiger partial charge in [-0.15, -0.1) is 0 Å². The topological polar surface area (TPSA) is 84.9 Å². The highest BCUT2D eigenvalue weighted by atomic mass is 19.1. The monoisotopic (exact) mass is 366 g/mol. The van der Waals surface area contributed by atoms with Crippen LogP contribution in [0.2, 0.25) is 0 Å². The van der Waals surface area contributed by atoms with Gasteiger partial charge in [0.2, 0.25) is 0 Å². The van der Waals surface area contributed by atoms with Crippen molar-refractivity contribution in [1.29, 1.82) is 0 Å². The molecule has 1 aliphatic rings. The highest BCUT2D eigenvalue weighted by molar-refractivity contribution is 6.08. The first kappa shape index (κ1) is 19.7. The van der Waals surface area contributed by atoms with E-state index in [2.05, 4.69) is 5.32 Å². The van der Waals surface area contributed by atoms with Gasteiger partial charge in [-0.25, -0.2) is 9.18 Å². The molecular weight excluding hydrogens is 343 g/mol. The molecule has 0 unspecified atom stereocenters. The number of carbonyl (C=O) groups is 3. The Labute approximate surface area is 151 Å². The number of urea groups is 1. The van der Waals surface area contributed by atoms with Crippen LogP contribution in [-0.4, -0.2) is 48.1 Å². The molecule has 1 heterocycles. The number of hydrogen-bond acceptors (Lipinski definition) is 5. The van der Waals surface area contributed by atoms with Gasteiger partial charge in [-0.1, -0.05) is 13.8 Å². The van der Waals surface area contributed by atoms with E-state index >= 15 is 0 Å². The highest BCUT2D eigenvalue weighted by Crippen LogP contribution is 2.24. The summed E-state index contributed by atoms with van der Waals surface area (Å²) in [5.74, 6) is -0.878. The molecule has 1 fully saturated rings. The van der Waals surface area contributed by atoms with Gasteiger partial charge >= 0.3 is 12.0 Å². The Kier molecular flexibility index (Phi) is 6.54. The molecule has 26 heavy (non-hydrogen) atoms. The van der Waals surface area contributed by atoms with Crippen LogP contribution in [0.15, 0.2) is 24.3 Å². The molecule has 2 rings (SSSR count). The van der Waals surface area contributed by atoms with Crippen LogP contribution < -0.4 is 10.1 Å². The highest BCUT2D eigenvalue weighted by Gasteiger charge is 2.49. The van der Waals surface area contributed by atoms with Gasteiger partial charge in [0.05, 0.1) is 13.2 Å². The van der Waals surface area contributed by atoms with Gasteiger partial charge in [0, 0.05) is 6.42 Å². The van der Waals surface area contributed by atoms with E-state index in [9.17, 15) is 18.8 Å². The minimum atomic E-state index is -0.930. The maximum absolute atomic E-state index is 12.8. The number of amides is 3. The lowest BCUT2D eigenvalue weighted by atomic mass is 9.93. The summed E-state index contributed by atoms with van der Waals surface area (Å²) < 4.78 is 23.2. The van der Waals surface area contributed by atoms with Crippen LogP contribution in [0.3, 0.4) is 0 Å². The van der Waals surface area contributed by atoms with Crippen molar-refractivity contribution in [2.45, 2.75) is 38.6 Å². The third-order valence-corrected chi connectivity index (χ3v) is 4.37. The molecule has 0 bridgehead atoms. The molecule has 142 valence electrons. The van der Waals surface area contributed by atoms with E-state index < -0.39 is 30.0 Å². The summed E-state index contributed by atoms with van der Waals surface area (Å²) in [6, 6.07) is 5.02. The lowest BCUT2D eigenvalue weighted by Gasteiger charge is -2.22. The largest absolute Gasteiger partial charge is 0.493 e. The summed E-state index contributed by atoms with van der Waals surface area (Å²) in [4.78, 5) is 37.1. The molecule has 1 saturated heterocycles. The van der Waals surface area contributed by atoms with E-state index in [0.717, 1.165) is 4.90 Å². The van der Waals surface area contributed by atoms with Crippen LogP contribution in [0.5, 0.6) is 5.75 Å². The normalized spacial score (nSPS) is 15.7. The third kappa shape index (κ3) is 4.50. The lowest BCUT2D eigenvalue weighted by molar-refractivity contribution is -0.148. The first-order chi connectivity index (χ1) is 12.4. The summed E-state index contributed by atoms with van der Waals surface area (Å²) in [7, 11) is 0. The molecule has 0 aliphatic carbocycles. The Morgan fingerprint density at radius 1 is 1.15 bits per heavy atom. The van der Waals surface area contributed by atoms with E-state index in [0.29, 0.717) is 25.0 Å². The SMILES string of the molecule is CCC1(CC)NC(=O)N(CC(=O)OCCCOc2ccc(F)cc2)C1=O. The number of nitrogens with zero attached hydrogens (tertiary/aromatic N) is 1. The van der Waals surface area contributed by atoms with Crippen molar-refractivity contribution in [1.82, 2.24) is 10.2 Å². The van der Waals surface area contributed by atoms with Crippen molar-refractivity contribution >= 4 is 17.9 Å². The van der Waals surface area contributed by atoms with Gasteiger partial charge in [0.15, 0.2) is 0 Å². The van der Waals surface area contributed by atoms with Crippen molar-refractivity contribution in [2.75, 3.05) is 19.8 Å². The third-order valence-electron chi connectivity index (χ3n) is 4.37. The number of rotatable bonds is 9. The fourth-order valence-electron chi connectivity index (χ4n) is 2.69. The molecule has 3 amide bonds. The van der Waals surface area contributed by atoms with Crippen LogP contribution in [0.25, 0.3) is 0 Å². The minimum absolute atomic E-state index is 0.0936. The van der Waals surface area contributed by atoms with E-state index in [4.69, 9.17) is 9.47 Å². The Morgan fingerprint density at radius 3 is 2.38 bits per heavy atom. The van der Waals surface area contributed by atoms with Gasteiger partial charge in [-0.2, -0.15) is 0 Å². The van der Waals surface area contributed by atoms with Gasteiger partial charge < -0.3 is 14.8 Å². The molecule has 1 aliphatic heterocycles. The van der Waals surface area contributed by atoms with Gasteiger partial charge in [0.1, 0.15) is 23.7 Å². The summed E-state index contributed by atoms with van der Waals surface area (Å²) >= 11 is 0. The van der Waals surface area contributed by atoms with Gasteiger partial charge in [-0.05, 0) is 37.1 Å². The summed E-state index contributed by atoms with van der Waals surface area (Å²) in [6.07, 6.45) is 1.35. The molecule has 1 N–H and O–H groups in total. The first-order valence-electron chi connectivity index (χ1n) is 8.60. The number of hydrogen-bond donors (Lipinski definition) is 1. The zero-order valence-electron chi connectivity index (χ0n) is 14.9. The molecule has 0 spiro atoms. The summed E-state index contributed by atoms with van der Waals surface area (Å²) in [6.45, 7) is 3.59. The van der Waals surface area contributed by atoms with Crippen molar-refractivity contribution in [2.24, 2.45) is 0 Å². The zero-order chi connectivity index (χ0) is 19.2. The number of nitrogens with one attached hydrogen (secondary N) is 1. The lowest BCUT2D eigenvalue weighted by Crippen LogP contribution is -2.46. The second kappa shape index (κ2) is 8.64. The fraction of sp³-hybridized carbons (Fsp3) is 0.500. The molecule has 8 heteroatoms. The average molecular weight is 366 g/mol. The second-order valence-corrected chi connectivity index (χ2v) is 5.99. The Balaban J connectivity index is 1.71. The quantitative estimate of drug-likeness (QED) is 0.412. The maximum Gasteiger partial charge on any atom is 0.326 e. The first-order valence-corrected chi connectivity index (χ1v) is 8.60. The Bertz CT molecular complexity index is 658. The van der Waals surface area contributed by atoms with Crippen LogP contribution in [0, 0.1) is 5.82 Å². The van der Waals surface area contributed by atoms with Crippen molar-refractivity contribution in [3.8, 4) is 5.75 Å². The van der Waals surface area contributed by atoms with E-state index in [1.165, 1.54) is 24.3 Å². The zero-order valence-corrected chi connectivity index (χ0v) is 14.9. The van der Waals surface area contributed by atoms with E-state index in [1.54, 1.807) is 0 Å². The number of halogens is 1. The summed E-state index contributed by atoms with van der Waals surface area (Å²) in [5.41, 5.74) is -0.930. The van der Waals surface area contributed by atoms with E-state index in [1.807, 2.05) is 13.8 Å². The van der Waals surface area contributed by atoms with Gasteiger partial charge in [0.25, 0.3) is 5.91 Å². The molecule has 7 nitrogen and oxygen atoms in total. The summed E-state index contributed by atoms with van der Waals surface area (Å²) in [5, 5.41) is 2.65. The predicted octanol–water partition coefficient (Wildman–Crippen LogP) is 2.25. The Hall–Kier alpha value is -2.64. The average Bonchev–Trinajstić information content (AvgIpc) is 2.87. The van der Waals surface area contributed by atoms with Crippen molar-refractivity contribution in [3.63, 3.8) is 0 Å². The number of imide groups is 1. The Morgan fingerprint density at radius 2 is 1.81 bits per heavy atom. The van der Waals surface area contributed by atoms with Crippen LogP contribution in [-0.2, 0) is 14.3 Å². The number of carbonyl (C=O) groups excluding carboxylic acids is 3. The standard InChI is InChI=1S/C18H23FN2O5/c1-3-18(4-2)16(23)21(17(24)20-18)12-15(22)26-11-5-10-25-14-8-6-13(19)7-9-14/h6-9H,3-5,10-12H2,1-2H3,(H,20,24). The minimum Gasteiger partial charge on any atom is -0.493 e. The number of esters is 1.